The number of pyridine rings is 1. The van der Waals surface area contributed by atoms with Gasteiger partial charge in [-0.25, -0.2) is 18.2 Å². The molecule has 3 aliphatic rings. The number of carbonyl (C=O) groups is 1. The van der Waals surface area contributed by atoms with Crippen LogP contribution in [-0.2, 0) is 0 Å². The number of halogens is 3. The largest absolute Gasteiger partial charge is 0.459 e. The number of rotatable bonds is 10. The number of amides is 1. The van der Waals surface area contributed by atoms with Crippen molar-refractivity contribution in [3.63, 3.8) is 0 Å². The molecule has 0 bridgehead atoms. The average molecular weight is 580 g/mol. The maximum atomic E-state index is 13.7. The third-order valence-corrected chi connectivity index (χ3v) is 9.08. The Labute approximate surface area is 236 Å². The van der Waals surface area contributed by atoms with Crippen molar-refractivity contribution in [3.05, 3.63) is 36.0 Å². The summed E-state index contributed by atoms with van der Waals surface area (Å²) >= 11 is 1.43. The number of anilines is 3. The van der Waals surface area contributed by atoms with Gasteiger partial charge in [-0.05, 0) is 80.3 Å². The number of benzene rings is 1. The molecule has 1 atom stereocenters. The first kappa shape index (κ1) is 28.8. The van der Waals surface area contributed by atoms with E-state index in [4.69, 9.17) is 4.74 Å². The Bertz CT molecular complexity index is 1200. The van der Waals surface area contributed by atoms with Crippen LogP contribution in [0.15, 0.2) is 35.2 Å². The number of hydrogen-bond donors (Lipinski definition) is 3. The van der Waals surface area contributed by atoms with Gasteiger partial charge in [0.1, 0.15) is 5.69 Å². The molecule has 2 aliphatic heterocycles. The Hall–Kier alpha value is -2.70. The molecule has 3 fully saturated rings. The molecule has 1 spiro atoms. The van der Waals surface area contributed by atoms with Crippen LogP contribution in [0.5, 0.6) is 5.75 Å². The summed E-state index contributed by atoms with van der Waals surface area (Å²) in [7, 11) is 0. The van der Waals surface area contributed by atoms with E-state index >= 15 is 0 Å². The monoisotopic (exact) mass is 579 g/mol. The number of nitrogens with one attached hydrogen (secondary N) is 2. The van der Waals surface area contributed by atoms with E-state index in [-0.39, 0.29) is 55.8 Å². The highest BCUT2D eigenvalue weighted by atomic mass is 32.2. The summed E-state index contributed by atoms with van der Waals surface area (Å²) in [6.07, 6.45) is 4.11. The van der Waals surface area contributed by atoms with Crippen LogP contribution in [0.3, 0.4) is 0 Å². The smallest absolute Gasteiger partial charge is 0.274 e. The van der Waals surface area contributed by atoms with Gasteiger partial charge >= 0.3 is 0 Å². The molecular formula is C28H36F3N5O3S. The first-order valence-electron chi connectivity index (χ1n) is 13.8. The van der Waals surface area contributed by atoms with Crippen molar-refractivity contribution < 1.29 is 27.8 Å². The lowest BCUT2D eigenvalue weighted by molar-refractivity contribution is -0.0222. The fraction of sp³-hybridized carbons (Fsp3) is 0.571. The van der Waals surface area contributed by atoms with E-state index in [1.165, 1.54) is 36.9 Å². The summed E-state index contributed by atoms with van der Waals surface area (Å²) in [4.78, 5) is 22.7. The molecule has 2 saturated heterocycles. The number of aliphatic hydroxyl groups excluding tert-OH is 1. The molecule has 3 heterocycles. The number of piperidine rings is 2. The second kappa shape index (κ2) is 12.0. The highest BCUT2D eigenvalue weighted by molar-refractivity contribution is 7.97. The van der Waals surface area contributed by atoms with Crippen LogP contribution in [-0.4, -0.2) is 67.6 Å². The molecule has 1 amide bonds. The zero-order valence-electron chi connectivity index (χ0n) is 22.6. The SMILES string of the molecule is C[C@@H](CO)NSc1ccc(NC(=O)c2ccc(OCF)c(N3CCC(F)(F)CC3)n2)c(N2CCC3(CC2)CC3)c1. The Kier molecular flexibility index (Phi) is 8.67. The van der Waals surface area contributed by atoms with Crippen LogP contribution in [0.25, 0.3) is 0 Å². The summed E-state index contributed by atoms with van der Waals surface area (Å²) < 4.78 is 48.8. The quantitative estimate of drug-likeness (QED) is 0.330. The molecule has 5 rings (SSSR count). The molecule has 12 heteroatoms. The lowest BCUT2D eigenvalue weighted by Crippen LogP contribution is -2.40. The van der Waals surface area contributed by atoms with Crippen LogP contribution in [0, 0.1) is 5.41 Å². The number of aromatic nitrogens is 1. The summed E-state index contributed by atoms with van der Waals surface area (Å²) in [6.45, 7) is 2.66. The zero-order valence-corrected chi connectivity index (χ0v) is 23.4. The number of alkyl halides is 3. The van der Waals surface area contributed by atoms with Gasteiger partial charge in [-0.2, -0.15) is 0 Å². The number of ether oxygens (including phenoxy) is 1. The van der Waals surface area contributed by atoms with E-state index < -0.39 is 18.7 Å². The van der Waals surface area contributed by atoms with Crippen molar-refractivity contribution in [3.8, 4) is 5.75 Å². The Morgan fingerprint density at radius 1 is 1.07 bits per heavy atom. The summed E-state index contributed by atoms with van der Waals surface area (Å²) in [5, 5.41) is 12.3. The van der Waals surface area contributed by atoms with Crippen LogP contribution < -0.4 is 24.6 Å². The summed E-state index contributed by atoms with van der Waals surface area (Å²) in [6, 6.07) is 8.62. The van der Waals surface area contributed by atoms with Gasteiger partial charge in [0, 0.05) is 50.0 Å². The highest BCUT2D eigenvalue weighted by Gasteiger charge is 2.44. The summed E-state index contributed by atoms with van der Waals surface area (Å²) in [5.74, 6) is -2.92. The van der Waals surface area contributed by atoms with Crippen LogP contribution in [0.1, 0.15) is 55.9 Å². The number of hydrogen-bond acceptors (Lipinski definition) is 8. The molecule has 1 aromatic carbocycles. The maximum Gasteiger partial charge on any atom is 0.274 e. The molecule has 1 aromatic heterocycles. The minimum atomic E-state index is -2.76. The second-order valence-corrected chi connectivity index (χ2v) is 11.9. The maximum absolute atomic E-state index is 13.7. The van der Waals surface area contributed by atoms with Gasteiger partial charge in [0.15, 0.2) is 11.6 Å². The van der Waals surface area contributed by atoms with E-state index in [0.29, 0.717) is 11.1 Å². The van der Waals surface area contributed by atoms with Gasteiger partial charge in [-0.3, -0.25) is 9.52 Å². The molecule has 218 valence electrons. The third kappa shape index (κ3) is 6.77. The first-order valence-corrected chi connectivity index (χ1v) is 14.6. The predicted octanol–water partition coefficient (Wildman–Crippen LogP) is 5.23. The molecule has 1 aliphatic carbocycles. The lowest BCUT2D eigenvalue weighted by Gasteiger charge is -2.35. The van der Waals surface area contributed by atoms with Crippen molar-refractivity contribution in [2.45, 2.75) is 62.3 Å². The first-order chi connectivity index (χ1) is 19.2. The minimum absolute atomic E-state index is 0.0200. The average Bonchev–Trinajstić information content (AvgIpc) is 3.71. The standard InChI is InChI=1S/C28H36F3N5O3S/c1-19(17-37)34-40-20-2-3-21(23(16-20)35-12-8-27(6-7-27)9-13-35)33-26(38)22-4-5-24(39-18-29)25(32-22)36-14-10-28(30,31)11-15-36/h2-5,16,19,34,37H,6-15,17-18H2,1H3,(H,33,38)/t19-/m0/s1. The molecule has 3 N–H and O–H groups in total. The van der Waals surface area contributed by atoms with E-state index in [9.17, 15) is 23.1 Å². The molecule has 8 nitrogen and oxygen atoms in total. The van der Waals surface area contributed by atoms with Crippen LogP contribution >= 0.6 is 11.9 Å². The van der Waals surface area contributed by atoms with Gasteiger partial charge in [0.25, 0.3) is 11.8 Å². The second-order valence-electron chi connectivity index (χ2n) is 11.0. The van der Waals surface area contributed by atoms with Gasteiger partial charge in [-0.15, -0.1) is 0 Å². The van der Waals surface area contributed by atoms with E-state index in [2.05, 4.69) is 19.9 Å². The normalized spacial score (nSPS) is 20.3. The minimum Gasteiger partial charge on any atom is -0.459 e. The molecule has 40 heavy (non-hydrogen) atoms. The summed E-state index contributed by atoms with van der Waals surface area (Å²) in [5.41, 5.74) is 2.12. The molecule has 0 unspecified atom stereocenters. The van der Waals surface area contributed by atoms with E-state index in [1.54, 1.807) is 4.90 Å². The van der Waals surface area contributed by atoms with Gasteiger partial charge in [0.05, 0.1) is 18.0 Å². The molecule has 0 radical (unpaired) electrons. The Balaban J connectivity index is 1.37. The van der Waals surface area contributed by atoms with Gasteiger partial charge < -0.3 is 25.0 Å². The van der Waals surface area contributed by atoms with Crippen molar-refractivity contribution >= 4 is 35.0 Å². The zero-order chi connectivity index (χ0) is 28.3. The van der Waals surface area contributed by atoms with Crippen molar-refractivity contribution in [1.29, 1.82) is 0 Å². The van der Waals surface area contributed by atoms with Crippen molar-refractivity contribution in [1.82, 2.24) is 9.71 Å². The van der Waals surface area contributed by atoms with Crippen molar-refractivity contribution in [2.24, 2.45) is 5.41 Å². The Morgan fingerprint density at radius 2 is 1.77 bits per heavy atom. The van der Waals surface area contributed by atoms with E-state index in [0.717, 1.165) is 36.5 Å². The molecule has 1 saturated carbocycles. The Morgan fingerprint density at radius 3 is 2.42 bits per heavy atom. The van der Waals surface area contributed by atoms with Crippen LogP contribution in [0.4, 0.5) is 30.4 Å². The fourth-order valence-corrected chi connectivity index (χ4v) is 5.96. The number of nitrogens with zero attached hydrogens (tertiary/aromatic N) is 3. The topological polar surface area (TPSA) is 90.0 Å². The fourth-order valence-electron chi connectivity index (χ4n) is 5.24. The third-order valence-electron chi connectivity index (χ3n) is 8.07. The number of aliphatic hydroxyl groups is 1. The molecule has 2 aromatic rings. The highest BCUT2D eigenvalue weighted by Crippen LogP contribution is 2.54. The predicted molar refractivity (Wildman–Crippen MR) is 150 cm³/mol. The van der Waals surface area contributed by atoms with Crippen molar-refractivity contribution in [2.75, 3.05) is 54.8 Å². The molecular weight excluding hydrogens is 543 g/mol. The lowest BCUT2D eigenvalue weighted by atomic mass is 9.93. The van der Waals surface area contributed by atoms with Crippen LogP contribution in [0.2, 0.25) is 0 Å². The van der Waals surface area contributed by atoms with Gasteiger partial charge in [-0.1, -0.05) is 0 Å². The van der Waals surface area contributed by atoms with E-state index in [1.807, 2.05) is 25.1 Å². The number of carbonyl (C=O) groups excluding carboxylic acids is 1. The van der Waals surface area contributed by atoms with Gasteiger partial charge in [0.2, 0.25) is 6.86 Å².